The van der Waals surface area contributed by atoms with Gasteiger partial charge in [0, 0.05) is 11.1 Å². The number of piperazine rings is 1. The highest BCUT2D eigenvalue weighted by Gasteiger charge is 2.17. The average molecular weight is 295 g/mol. The summed E-state index contributed by atoms with van der Waals surface area (Å²) in [4.78, 5) is 13.3. The first kappa shape index (κ1) is 15.0. The molecule has 1 saturated heterocycles. The topological polar surface area (TPSA) is 36.8 Å². The van der Waals surface area contributed by atoms with Gasteiger partial charge in [-0.25, -0.2) is 5.01 Å². The molecule has 1 aliphatic rings. The van der Waals surface area contributed by atoms with Crippen molar-refractivity contribution < 1.29 is 9.69 Å². The van der Waals surface area contributed by atoms with E-state index in [4.69, 9.17) is 11.6 Å². The lowest BCUT2D eigenvalue weighted by atomic mass is 10.1. The molecular weight excluding hydrogens is 274 g/mol. The smallest absolute Gasteiger partial charge is 0.258 e. The molecule has 4 nitrogen and oxygen atoms in total. The van der Waals surface area contributed by atoms with Crippen molar-refractivity contribution in [1.82, 2.24) is 10.4 Å². The Balaban J connectivity index is 1.87. The maximum Gasteiger partial charge on any atom is 0.258 e. The van der Waals surface area contributed by atoms with E-state index >= 15 is 0 Å². The molecule has 1 aromatic rings. The van der Waals surface area contributed by atoms with Crippen LogP contribution >= 0.6 is 11.6 Å². The standard InChI is InChI=1S/C15H20ClN3O/c1-12-3-4-13(11-14(12)16)5-6-15(20)17-19-9-7-18(2)8-10-19/h3-6,11H,7-10H2,1-2H3,(H,17,20)/p+1/b6-5+. The molecule has 1 aromatic carbocycles. The Morgan fingerprint density at radius 1 is 1.40 bits per heavy atom. The molecule has 1 heterocycles. The number of hydrogen-bond donors (Lipinski definition) is 2. The van der Waals surface area contributed by atoms with Crippen LogP contribution in [0.3, 0.4) is 0 Å². The number of rotatable bonds is 3. The fraction of sp³-hybridized carbons (Fsp3) is 0.400. The lowest BCUT2D eigenvalue weighted by molar-refractivity contribution is -0.884. The minimum Gasteiger partial charge on any atom is -0.335 e. The molecule has 1 aliphatic heterocycles. The zero-order valence-electron chi connectivity index (χ0n) is 11.9. The first-order valence-electron chi connectivity index (χ1n) is 6.85. The van der Waals surface area contributed by atoms with E-state index in [1.54, 1.807) is 12.2 Å². The van der Waals surface area contributed by atoms with Crippen molar-refractivity contribution in [3.8, 4) is 0 Å². The highest BCUT2D eigenvalue weighted by molar-refractivity contribution is 6.31. The van der Waals surface area contributed by atoms with Crippen LogP contribution in [0.4, 0.5) is 0 Å². The Labute approximate surface area is 125 Å². The summed E-state index contributed by atoms with van der Waals surface area (Å²) in [7, 11) is 2.17. The number of nitrogens with one attached hydrogen (secondary N) is 2. The predicted molar refractivity (Wildman–Crippen MR) is 81.6 cm³/mol. The Hall–Kier alpha value is -1.36. The monoisotopic (exact) mass is 294 g/mol. The van der Waals surface area contributed by atoms with E-state index < -0.39 is 0 Å². The summed E-state index contributed by atoms with van der Waals surface area (Å²) in [5.41, 5.74) is 4.86. The summed E-state index contributed by atoms with van der Waals surface area (Å²) in [6.07, 6.45) is 3.33. The molecule has 0 aromatic heterocycles. The van der Waals surface area contributed by atoms with Crippen LogP contribution in [0.5, 0.6) is 0 Å². The van der Waals surface area contributed by atoms with E-state index in [-0.39, 0.29) is 5.91 Å². The zero-order chi connectivity index (χ0) is 14.5. The number of benzene rings is 1. The Bertz CT molecular complexity index is 508. The quantitative estimate of drug-likeness (QED) is 0.798. The molecule has 1 fully saturated rings. The second kappa shape index (κ2) is 6.88. The van der Waals surface area contributed by atoms with Crippen LogP contribution in [-0.4, -0.2) is 44.1 Å². The number of likely N-dealkylation sites (N-methyl/N-ethyl adjacent to an activating group) is 1. The molecule has 2 N–H and O–H groups in total. The van der Waals surface area contributed by atoms with Crippen LogP contribution in [0, 0.1) is 6.92 Å². The van der Waals surface area contributed by atoms with E-state index in [2.05, 4.69) is 12.5 Å². The van der Waals surface area contributed by atoms with Gasteiger partial charge >= 0.3 is 0 Å². The molecular formula is C15H21ClN3O+. The average Bonchev–Trinajstić information content (AvgIpc) is 2.43. The van der Waals surface area contributed by atoms with Crippen LogP contribution in [-0.2, 0) is 4.79 Å². The zero-order valence-corrected chi connectivity index (χ0v) is 12.7. The largest absolute Gasteiger partial charge is 0.335 e. The minimum absolute atomic E-state index is 0.0961. The number of nitrogens with zero attached hydrogens (tertiary/aromatic N) is 1. The molecule has 0 aliphatic carbocycles. The molecule has 108 valence electrons. The molecule has 0 unspecified atom stereocenters. The van der Waals surface area contributed by atoms with Crippen LogP contribution in [0.15, 0.2) is 24.3 Å². The molecule has 1 amide bonds. The normalized spacial score (nSPS) is 17.6. The van der Waals surface area contributed by atoms with E-state index in [0.717, 1.165) is 42.3 Å². The van der Waals surface area contributed by atoms with Gasteiger partial charge in [-0.15, -0.1) is 0 Å². The fourth-order valence-corrected chi connectivity index (χ4v) is 2.27. The van der Waals surface area contributed by atoms with Gasteiger partial charge in [-0.05, 0) is 30.2 Å². The number of hydrazine groups is 1. The third-order valence-electron chi connectivity index (χ3n) is 3.51. The van der Waals surface area contributed by atoms with Crippen molar-refractivity contribution in [2.45, 2.75) is 6.92 Å². The van der Waals surface area contributed by atoms with Crippen molar-refractivity contribution in [2.75, 3.05) is 33.2 Å². The number of aryl methyl sites for hydroxylation is 1. The molecule has 0 radical (unpaired) electrons. The second-order valence-electron chi connectivity index (χ2n) is 5.26. The van der Waals surface area contributed by atoms with Gasteiger partial charge in [0.05, 0.1) is 33.2 Å². The number of quaternary nitrogens is 1. The molecule has 0 bridgehead atoms. The first-order chi connectivity index (χ1) is 9.54. The van der Waals surface area contributed by atoms with Crippen LogP contribution in [0.1, 0.15) is 11.1 Å². The van der Waals surface area contributed by atoms with Crippen molar-refractivity contribution in [3.63, 3.8) is 0 Å². The van der Waals surface area contributed by atoms with Crippen LogP contribution < -0.4 is 10.3 Å². The molecule has 0 saturated carbocycles. The summed E-state index contributed by atoms with van der Waals surface area (Å²) in [6.45, 7) is 5.84. The highest BCUT2D eigenvalue weighted by atomic mass is 35.5. The second-order valence-corrected chi connectivity index (χ2v) is 5.67. The number of carbonyl (C=O) groups excluding carboxylic acids is 1. The van der Waals surface area contributed by atoms with Crippen LogP contribution in [0.25, 0.3) is 6.08 Å². The SMILES string of the molecule is Cc1ccc(/C=C/C(=O)NN2CC[NH+](C)CC2)cc1Cl. The van der Waals surface area contributed by atoms with Gasteiger partial charge in [-0.1, -0.05) is 23.7 Å². The van der Waals surface area contributed by atoms with Gasteiger partial charge in [0.1, 0.15) is 0 Å². The summed E-state index contributed by atoms with van der Waals surface area (Å²) in [5.74, 6) is -0.0961. The molecule has 20 heavy (non-hydrogen) atoms. The lowest BCUT2D eigenvalue weighted by Gasteiger charge is -2.29. The van der Waals surface area contributed by atoms with E-state index in [1.165, 1.54) is 4.90 Å². The van der Waals surface area contributed by atoms with Gasteiger partial charge in [0.2, 0.25) is 0 Å². The van der Waals surface area contributed by atoms with E-state index in [0.29, 0.717) is 0 Å². The number of hydrogen-bond acceptors (Lipinski definition) is 2. The maximum atomic E-state index is 11.8. The first-order valence-corrected chi connectivity index (χ1v) is 7.23. The van der Waals surface area contributed by atoms with Crippen molar-refractivity contribution in [2.24, 2.45) is 0 Å². The van der Waals surface area contributed by atoms with Gasteiger partial charge in [-0.2, -0.15) is 0 Å². The Morgan fingerprint density at radius 3 is 2.75 bits per heavy atom. The lowest BCUT2D eigenvalue weighted by Crippen LogP contribution is -3.12. The third-order valence-corrected chi connectivity index (χ3v) is 3.92. The molecule has 0 spiro atoms. The van der Waals surface area contributed by atoms with Crippen molar-refractivity contribution in [1.29, 1.82) is 0 Å². The fourth-order valence-electron chi connectivity index (χ4n) is 2.08. The Morgan fingerprint density at radius 2 is 2.10 bits per heavy atom. The number of amides is 1. The Kier molecular flexibility index (Phi) is 5.17. The van der Waals surface area contributed by atoms with Crippen molar-refractivity contribution in [3.05, 3.63) is 40.4 Å². The van der Waals surface area contributed by atoms with Gasteiger partial charge in [0.25, 0.3) is 5.91 Å². The third kappa shape index (κ3) is 4.34. The van der Waals surface area contributed by atoms with Gasteiger partial charge in [0.15, 0.2) is 0 Å². The molecule has 2 rings (SSSR count). The number of carbonyl (C=O) groups is 1. The van der Waals surface area contributed by atoms with Crippen molar-refractivity contribution >= 4 is 23.6 Å². The summed E-state index contributed by atoms with van der Waals surface area (Å²) >= 11 is 6.05. The van der Waals surface area contributed by atoms with Gasteiger partial charge in [-0.3, -0.25) is 10.2 Å². The molecule has 5 heteroatoms. The van der Waals surface area contributed by atoms with Gasteiger partial charge < -0.3 is 4.90 Å². The predicted octanol–water partition coefficient (Wildman–Crippen LogP) is 0.523. The van der Waals surface area contributed by atoms with E-state index in [1.807, 2.05) is 30.1 Å². The van der Waals surface area contributed by atoms with Crippen LogP contribution in [0.2, 0.25) is 5.02 Å². The summed E-state index contributed by atoms with van der Waals surface area (Å²) in [6, 6.07) is 5.76. The minimum atomic E-state index is -0.0961. The summed E-state index contributed by atoms with van der Waals surface area (Å²) < 4.78 is 0. The van der Waals surface area contributed by atoms with E-state index in [9.17, 15) is 4.79 Å². The molecule has 0 atom stereocenters. The highest BCUT2D eigenvalue weighted by Crippen LogP contribution is 2.17. The maximum absolute atomic E-state index is 11.8. The summed E-state index contributed by atoms with van der Waals surface area (Å²) in [5, 5.41) is 2.69. The number of halogens is 1.